The van der Waals surface area contributed by atoms with Crippen LogP contribution in [0.3, 0.4) is 0 Å². The van der Waals surface area contributed by atoms with Gasteiger partial charge in [0.05, 0.1) is 0 Å². The standard InChI is InChI=1S/C19H24BrN/c1-3-4-13-19(16-9-6-5-7-10-16)21-15(2)17-11-8-12-18(20)14-17/h5-12,14-15,19,21H,3-4,13H2,1-2H3. The van der Waals surface area contributed by atoms with Gasteiger partial charge in [0.2, 0.25) is 0 Å². The van der Waals surface area contributed by atoms with Crippen molar-refractivity contribution in [3.8, 4) is 0 Å². The summed E-state index contributed by atoms with van der Waals surface area (Å²) in [6, 6.07) is 20.1. The first-order chi connectivity index (χ1) is 10.2. The lowest BCUT2D eigenvalue weighted by molar-refractivity contribution is 0.431. The van der Waals surface area contributed by atoms with Crippen molar-refractivity contribution in [2.75, 3.05) is 0 Å². The van der Waals surface area contributed by atoms with E-state index in [1.54, 1.807) is 0 Å². The van der Waals surface area contributed by atoms with Crippen LogP contribution >= 0.6 is 15.9 Å². The second-order valence-electron chi connectivity index (χ2n) is 5.55. The van der Waals surface area contributed by atoms with Gasteiger partial charge in [-0.3, -0.25) is 0 Å². The van der Waals surface area contributed by atoms with E-state index in [0.717, 1.165) is 4.47 Å². The monoisotopic (exact) mass is 345 g/mol. The number of unbranched alkanes of at least 4 members (excludes halogenated alkanes) is 1. The quantitative estimate of drug-likeness (QED) is 0.645. The van der Waals surface area contributed by atoms with Crippen LogP contribution in [-0.2, 0) is 0 Å². The maximum absolute atomic E-state index is 3.79. The summed E-state index contributed by atoms with van der Waals surface area (Å²) in [5.41, 5.74) is 2.70. The van der Waals surface area contributed by atoms with Crippen LogP contribution < -0.4 is 5.32 Å². The van der Waals surface area contributed by atoms with Crippen LogP contribution in [0.1, 0.15) is 56.3 Å². The lowest BCUT2D eigenvalue weighted by Crippen LogP contribution is -2.24. The van der Waals surface area contributed by atoms with Crippen LogP contribution in [0.15, 0.2) is 59.1 Å². The zero-order valence-corrected chi connectivity index (χ0v) is 14.4. The van der Waals surface area contributed by atoms with Gasteiger partial charge in [0.25, 0.3) is 0 Å². The van der Waals surface area contributed by atoms with Gasteiger partial charge in [-0.2, -0.15) is 0 Å². The molecule has 2 heteroatoms. The lowest BCUT2D eigenvalue weighted by atomic mass is 9.99. The fraction of sp³-hybridized carbons (Fsp3) is 0.368. The van der Waals surface area contributed by atoms with Crippen molar-refractivity contribution in [2.45, 2.75) is 45.2 Å². The number of nitrogens with one attached hydrogen (secondary N) is 1. The van der Waals surface area contributed by atoms with Gasteiger partial charge in [-0.1, -0.05) is 78.2 Å². The van der Waals surface area contributed by atoms with Gasteiger partial charge in [0.15, 0.2) is 0 Å². The molecule has 1 nitrogen and oxygen atoms in total. The fourth-order valence-corrected chi connectivity index (χ4v) is 3.03. The molecule has 0 fully saturated rings. The first-order valence-electron chi connectivity index (χ1n) is 7.77. The van der Waals surface area contributed by atoms with Crippen LogP contribution in [-0.4, -0.2) is 0 Å². The normalized spacial score (nSPS) is 13.9. The smallest absolute Gasteiger partial charge is 0.0325 e. The van der Waals surface area contributed by atoms with Gasteiger partial charge in [-0.05, 0) is 36.6 Å². The molecule has 0 radical (unpaired) electrons. The number of hydrogen-bond acceptors (Lipinski definition) is 1. The molecular formula is C19H24BrN. The zero-order valence-electron chi connectivity index (χ0n) is 12.9. The molecule has 21 heavy (non-hydrogen) atoms. The molecule has 0 aliphatic heterocycles. The third-order valence-corrected chi connectivity index (χ3v) is 4.34. The molecule has 2 aromatic rings. The Labute approximate surface area is 136 Å². The molecule has 1 N–H and O–H groups in total. The fourth-order valence-electron chi connectivity index (χ4n) is 2.61. The van der Waals surface area contributed by atoms with Gasteiger partial charge in [0, 0.05) is 16.6 Å². The minimum absolute atomic E-state index is 0.338. The van der Waals surface area contributed by atoms with Crippen LogP contribution in [0.2, 0.25) is 0 Å². The second-order valence-corrected chi connectivity index (χ2v) is 6.46. The Hall–Kier alpha value is -1.12. The third-order valence-electron chi connectivity index (χ3n) is 3.85. The van der Waals surface area contributed by atoms with E-state index in [4.69, 9.17) is 0 Å². The minimum atomic E-state index is 0.338. The van der Waals surface area contributed by atoms with Gasteiger partial charge >= 0.3 is 0 Å². The molecular weight excluding hydrogens is 322 g/mol. The predicted molar refractivity (Wildman–Crippen MR) is 94.4 cm³/mol. The molecule has 2 atom stereocenters. The summed E-state index contributed by atoms with van der Waals surface area (Å²) in [6.45, 7) is 4.49. The van der Waals surface area contributed by atoms with Crippen LogP contribution in [0.25, 0.3) is 0 Å². The summed E-state index contributed by atoms with van der Waals surface area (Å²) in [6.07, 6.45) is 3.66. The molecule has 0 saturated carbocycles. The molecule has 0 spiro atoms. The van der Waals surface area contributed by atoms with Gasteiger partial charge in [-0.15, -0.1) is 0 Å². The van der Waals surface area contributed by atoms with E-state index in [-0.39, 0.29) is 0 Å². The Morgan fingerprint density at radius 1 is 1.00 bits per heavy atom. The highest BCUT2D eigenvalue weighted by atomic mass is 79.9. The Bertz CT molecular complexity index is 538. The number of hydrogen-bond donors (Lipinski definition) is 1. The first kappa shape index (κ1) is 16.3. The molecule has 0 saturated heterocycles. The van der Waals surface area contributed by atoms with E-state index >= 15 is 0 Å². The summed E-state index contributed by atoms with van der Waals surface area (Å²) in [5.74, 6) is 0. The Morgan fingerprint density at radius 3 is 2.38 bits per heavy atom. The molecule has 2 unspecified atom stereocenters. The van der Waals surface area contributed by atoms with E-state index in [0.29, 0.717) is 12.1 Å². The van der Waals surface area contributed by atoms with Crippen molar-refractivity contribution in [3.05, 3.63) is 70.2 Å². The summed E-state index contributed by atoms with van der Waals surface area (Å²) in [4.78, 5) is 0. The van der Waals surface area contributed by atoms with Gasteiger partial charge < -0.3 is 5.32 Å². The molecule has 0 aliphatic carbocycles. The summed E-state index contributed by atoms with van der Waals surface area (Å²) < 4.78 is 1.14. The molecule has 0 aliphatic rings. The zero-order chi connectivity index (χ0) is 15.1. The third kappa shape index (κ3) is 4.98. The molecule has 2 aromatic carbocycles. The Kier molecular flexibility index (Phi) is 6.47. The maximum atomic E-state index is 3.79. The van der Waals surface area contributed by atoms with Crippen molar-refractivity contribution in [2.24, 2.45) is 0 Å². The van der Waals surface area contributed by atoms with Crippen LogP contribution in [0, 0.1) is 0 Å². The van der Waals surface area contributed by atoms with Crippen molar-refractivity contribution in [1.29, 1.82) is 0 Å². The van der Waals surface area contributed by atoms with Crippen molar-refractivity contribution in [3.63, 3.8) is 0 Å². The van der Waals surface area contributed by atoms with E-state index in [2.05, 4.69) is 89.7 Å². The van der Waals surface area contributed by atoms with E-state index < -0.39 is 0 Å². The maximum Gasteiger partial charge on any atom is 0.0325 e. The van der Waals surface area contributed by atoms with Gasteiger partial charge in [0.1, 0.15) is 0 Å². The number of rotatable bonds is 7. The van der Waals surface area contributed by atoms with Crippen LogP contribution in [0.5, 0.6) is 0 Å². The second kappa shape index (κ2) is 8.35. The van der Waals surface area contributed by atoms with Crippen molar-refractivity contribution < 1.29 is 0 Å². The lowest BCUT2D eigenvalue weighted by Gasteiger charge is -2.24. The van der Waals surface area contributed by atoms with E-state index in [1.165, 1.54) is 30.4 Å². The highest BCUT2D eigenvalue weighted by Gasteiger charge is 2.15. The molecule has 0 heterocycles. The van der Waals surface area contributed by atoms with E-state index in [1.807, 2.05) is 0 Å². The highest BCUT2D eigenvalue weighted by Crippen LogP contribution is 2.25. The van der Waals surface area contributed by atoms with E-state index in [9.17, 15) is 0 Å². The Morgan fingerprint density at radius 2 is 1.71 bits per heavy atom. The number of halogens is 1. The number of benzene rings is 2. The SMILES string of the molecule is CCCCC(NC(C)c1cccc(Br)c1)c1ccccc1. The van der Waals surface area contributed by atoms with Crippen LogP contribution in [0.4, 0.5) is 0 Å². The molecule has 112 valence electrons. The minimum Gasteiger partial charge on any atom is -0.303 e. The predicted octanol–water partition coefficient (Wildman–Crippen LogP) is 6.03. The molecule has 0 bridgehead atoms. The first-order valence-corrected chi connectivity index (χ1v) is 8.56. The van der Waals surface area contributed by atoms with Crippen molar-refractivity contribution >= 4 is 15.9 Å². The molecule has 2 rings (SSSR count). The highest BCUT2D eigenvalue weighted by molar-refractivity contribution is 9.10. The molecule has 0 amide bonds. The van der Waals surface area contributed by atoms with Crippen molar-refractivity contribution in [1.82, 2.24) is 5.32 Å². The Balaban J connectivity index is 2.11. The average Bonchev–Trinajstić information content (AvgIpc) is 2.52. The largest absolute Gasteiger partial charge is 0.303 e. The average molecular weight is 346 g/mol. The van der Waals surface area contributed by atoms with Gasteiger partial charge in [-0.25, -0.2) is 0 Å². The summed E-state index contributed by atoms with van der Waals surface area (Å²) in [5, 5.41) is 3.79. The summed E-state index contributed by atoms with van der Waals surface area (Å²) >= 11 is 3.56. The molecule has 0 aromatic heterocycles. The topological polar surface area (TPSA) is 12.0 Å². The summed E-state index contributed by atoms with van der Waals surface area (Å²) in [7, 11) is 0.